The number of hydrogen-bond donors (Lipinski definition) is 0. The van der Waals surface area contributed by atoms with E-state index >= 15 is 0 Å². The van der Waals surface area contributed by atoms with E-state index in [1.54, 1.807) is 28.8 Å². The van der Waals surface area contributed by atoms with Crippen molar-refractivity contribution in [3.05, 3.63) is 35.9 Å². The molecule has 1 fully saturated rings. The molecule has 0 saturated carbocycles. The minimum absolute atomic E-state index is 0.133. The Hall–Kier alpha value is -1.49. The number of carbonyl (C=O) groups is 2. The Kier molecular flexibility index (Phi) is 3.85. The largest absolute Gasteiger partial charge is 0.467 e. The first kappa shape index (κ1) is 13.9. The molecule has 5 heteroatoms. The van der Waals surface area contributed by atoms with Gasteiger partial charge in [0.25, 0.3) is 5.91 Å². The van der Waals surface area contributed by atoms with Gasteiger partial charge in [-0.15, -0.1) is 11.8 Å². The monoisotopic (exact) mass is 279 g/mol. The van der Waals surface area contributed by atoms with Gasteiger partial charge >= 0.3 is 5.97 Å². The molecule has 0 spiro atoms. The molecule has 0 aliphatic carbocycles. The van der Waals surface area contributed by atoms with Gasteiger partial charge in [-0.3, -0.25) is 4.79 Å². The number of thioether (sulfide) groups is 1. The van der Waals surface area contributed by atoms with Crippen LogP contribution in [0.5, 0.6) is 0 Å². The molecular weight excluding hydrogens is 262 g/mol. The predicted octanol–water partition coefficient (Wildman–Crippen LogP) is 2.15. The number of ether oxygens (including phenoxy) is 1. The molecule has 1 atom stereocenters. The predicted molar refractivity (Wildman–Crippen MR) is 75.0 cm³/mol. The van der Waals surface area contributed by atoms with Crippen LogP contribution < -0.4 is 0 Å². The first-order chi connectivity index (χ1) is 8.97. The highest BCUT2D eigenvalue weighted by atomic mass is 32.2. The Bertz CT molecular complexity index is 487. The Morgan fingerprint density at radius 2 is 1.95 bits per heavy atom. The van der Waals surface area contributed by atoms with Crippen LogP contribution in [0.1, 0.15) is 24.2 Å². The van der Waals surface area contributed by atoms with Gasteiger partial charge in [-0.1, -0.05) is 18.2 Å². The maximum atomic E-state index is 12.6. The van der Waals surface area contributed by atoms with Crippen molar-refractivity contribution in [2.45, 2.75) is 24.8 Å². The van der Waals surface area contributed by atoms with Crippen LogP contribution in [0.2, 0.25) is 0 Å². The van der Waals surface area contributed by atoms with E-state index in [1.807, 2.05) is 32.0 Å². The minimum atomic E-state index is -0.516. The molecule has 1 aromatic rings. The maximum absolute atomic E-state index is 12.6. The zero-order valence-electron chi connectivity index (χ0n) is 11.3. The second-order valence-corrected chi connectivity index (χ2v) is 6.46. The summed E-state index contributed by atoms with van der Waals surface area (Å²) in [6, 6.07) is 8.50. The summed E-state index contributed by atoms with van der Waals surface area (Å²) in [5.41, 5.74) is 0.590. The van der Waals surface area contributed by atoms with Gasteiger partial charge in [0, 0.05) is 11.3 Å². The average Bonchev–Trinajstić information content (AvgIpc) is 2.73. The Morgan fingerprint density at radius 1 is 1.32 bits per heavy atom. The number of esters is 1. The van der Waals surface area contributed by atoms with Gasteiger partial charge in [-0.2, -0.15) is 0 Å². The summed E-state index contributed by atoms with van der Waals surface area (Å²) in [7, 11) is 1.35. The third-order valence-corrected chi connectivity index (χ3v) is 4.58. The highest BCUT2D eigenvalue weighted by Gasteiger charge is 2.47. The van der Waals surface area contributed by atoms with Gasteiger partial charge in [0.15, 0.2) is 0 Å². The first-order valence-electron chi connectivity index (χ1n) is 6.08. The lowest BCUT2D eigenvalue weighted by Gasteiger charge is -2.33. The van der Waals surface area contributed by atoms with E-state index in [2.05, 4.69) is 0 Å². The van der Waals surface area contributed by atoms with Crippen LogP contribution >= 0.6 is 11.8 Å². The number of amides is 1. The van der Waals surface area contributed by atoms with Crippen molar-refractivity contribution < 1.29 is 14.3 Å². The molecule has 0 bridgehead atoms. The Morgan fingerprint density at radius 3 is 2.53 bits per heavy atom. The van der Waals surface area contributed by atoms with Crippen LogP contribution in [0.15, 0.2) is 30.3 Å². The molecule has 2 rings (SSSR count). The second kappa shape index (κ2) is 5.25. The van der Waals surface area contributed by atoms with Gasteiger partial charge in [-0.25, -0.2) is 4.79 Å². The normalized spacial score (nSPS) is 21.2. The molecule has 1 amide bonds. The summed E-state index contributed by atoms with van der Waals surface area (Å²) in [6.45, 7) is 3.89. The molecule has 0 radical (unpaired) electrons. The van der Waals surface area contributed by atoms with Crippen LogP contribution in [-0.2, 0) is 9.53 Å². The van der Waals surface area contributed by atoms with E-state index in [9.17, 15) is 9.59 Å². The van der Waals surface area contributed by atoms with Crippen LogP contribution in [-0.4, -0.2) is 40.6 Å². The summed E-state index contributed by atoms with van der Waals surface area (Å²) in [6.07, 6.45) is 0. The molecule has 0 unspecified atom stereocenters. The van der Waals surface area contributed by atoms with Gasteiger partial charge in [-0.05, 0) is 26.0 Å². The molecule has 0 N–H and O–H groups in total. The van der Waals surface area contributed by atoms with Crippen LogP contribution in [0, 0.1) is 0 Å². The first-order valence-corrected chi connectivity index (χ1v) is 7.06. The van der Waals surface area contributed by atoms with Gasteiger partial charge in [0.2, 0.25) is 0 Å². The van der Waals surface area contributed by atoms with Crippen molar-refractivity contribution in [3.63, 3.8) is 0 Å². The van der Waals surface area contributed by atoms with E-state index in [0.29, 0.717) is 11.3 Å². The number of hydrogen-bond acceptors (Lipinski definition) is 4. The molecule has 19 heavy (non-hydrogen) atoms. The molecule has 102 valence electrons. The second-order valence-electron chi connectivity index (χ2n) is 4.84. The highest BCUT2D eigenvalue weighted by Crippen LogP contribution is 2.40. The summed E-state index contributed by atoms with van der Waals surface area (Å²) in [4.78, 5) is 25.6. The molecule has 1 heterocycles. The van der Waals surface area contributed by atoms with Crippen molar-refractivity contribution >= 4 is 23.6 Å². The van der Waals surface area contributed by atoms with E-state index in [4.69, 9.17) is 4.74 Å². The van der Waals surface area contributed by atoms with Crippen molar-refractivity contribution in [2.75, 3.05) is 12.9 Å². The lowest BCUT2D eigenvalue weighted by Crippen LogP contribution is -2.50. The van der Waals surface area contributed by atoms with E-state index in [-0.39, 0.29) is 11.9 Å². The zero-order chi connectivity index (χ0) is 14.0. The van der Waals surface area contributed by atoms with Crippen molar-refractivity contribution in [1.29, 1.82) is 0 Å². The molecular formula is C14H17NO3S. The smallest absolute Gasteiger partial charge is 0.329 e. The Labute approximate surface area is 117 Å². The van der Waals surface area contributed by atoms with Crippen LogP contribution in [0.25, 0.3) is 0 Å². The fourth-order valence-electron chi connectivity index (χ4n) is 2.22. The third-order valence-electron chi connectivity index (χ3n) is 3.20. The standard InChI is InChI=1S/C14H17NO3S/c1-14(2)15(11(9-19-14)13(17)18-3)12(16)10-7-5-4-6-8-10/h4-8,11H,9H2,1-3H3/t11-/m0/s1. The molecule has 0 aromatic heterocycles. The lowest BCUT2D eigenvalue weighted by atomic mass is 10.1. The number of methoxy groups -OCH3 is 1. The number of benzene rings is 1. The van der Waals surface area contributed by atoms with Crippen LogP contribution in [0.4, 0.5) is 0 Å². The lowest BCUT2D eigenvalue weighted by molar-refractivity contribution is -0.145. The summed E-state index contributed by atoms with van der Waals surface area (Å²) in [5, 5.41) is 0. The highest BCUT2D eigenvalue weighted by molar-refractivity contribution is 8.00. The van der Waals surface area contributed by atoms with Crippen molar-refractivity contribution in [1.82, 2.24) is 4.90 Å². The quantitative estimate of drug-likeness (QED) is 0.778. The van der Waals surface area contributed by atoms with Crippen LogP contribution in [0.3, 0.4) is 0 Å². The molecule has 4 nitrogen and oxygen atoms in total. The van der Waals surface area contributed by atoms with Crippen molar-refractivity contribution in [3.8, 4) is 0 Å². The number of rotatable bonds is 2. The molecule has 1 aliphatic heterocycles. The molecule has 1 saturated heterocycles. The third kappa shape index (κ3) is 2.61. The summed E-state index contributed by atoms with van der Waals surface area (Å²) in [5.74, 6) is 0.0754. The zero-order valence-corrected chi connectivity index (χ0v) is 12.1. The maximum Gasteiger partial charge on any atom is 0.329 e. The molecule has 1 aromatic carbocycles. The minimum Gasteiger partial charge on any atom is -0.467 e. The van der Waals surface area contributed by atoms with Gasteiger partial charge in [0.05, 0.1) is 12.0 Å². The summed E-state index contributed by atoms with van der Waals surface area (Å²) >= 11 is 1.59. The SMILES string of the molecule is COC(=O)[C@@H]1CSC(C)(C)N1C(=O)c1ccccc1. The van der Waals surface area contributed by atoms with Gasteiger partial charge < -0.3 is 9.64 Å². The number of nitrogens with zero attached hydrogens (tertiary/aromatic N) is 1. The van der Waals surface area contributed by atoms with E-state index in [0.717, 1.165) is 0 Å². The van der Waals surface area contributed by atoms with E-state index < -0.39 is 10.9 Å². The van der Waals surface area contributed by atoms with Crippen molar-refractivity contribution in [2.24, 2.45) is 0 Å². The fourth-order valence-corrected chi connectivity index (χ4v) is 3.42. The Balaban J connectivity index is 2.33. The average molecular weight is 279 g/mol. The summed E-state index contributed by atoms with van der Waals surface area (Å²) < 4.78 is 4.80. The number of carbonyl (C=O) groups excluding carboxylic acids is 2. The topological polar surface area (TPSA) is 46.6 Å². The fraction of sp³-hybridized carbons (Fsp3) is 0.429. The van der Waals surface area contributed by atoms with E-state index in [1.165, 1.54) is 7.11 Å². The van der Waals surface area contributed by atoms with Gasteiger partial charge in [0.1, 0.15) is 6.04 Å². The molecule has 1 aliphatic rings.